The third-order valence-electron chi connectivity index (χ3n) is 14.4. The lowest BCUT2D eigenvalue weighted by Crippen LogP contribution is -2.30. The molecule has 8 heteroatoms. The van der Waals surface area contributed by atoms with E-state index in [-0.39, 0.29) is 30.0 Å². The molecule has 7 unspecified atom stereocenters. The second kappa shape index (κ2) is 44.2. The Morgan fingerprint density at radius 3 is 1.54 bits per heavy atom. The first-order valence-electron chi connectivity index (χ1n) is 28.4. The van der Waals surface area contributed by atoms with E-state index in [0.29, 0.717) is 25.9 Å². The van der Waals surface area contributed by atoms with Crippen molar-refractivity contribution < 1.29 is 34.7 Å². The number of esters is 1. The van der Waals surface area contributed by atoms with Gasteiger partial charge in [0.2, 0.25) is 0 Å². The SMILES string of the molecule is CC/C=C\CC1C(CC(=O)OCCCCC(O)CCCCCCCC2CC2CCCCCCCC)CCC1OC(O)CCN(C)C.CCCCCCCCCCCCCCCCC(O)O. The van der Waals surface area contributed by atoms with Crippen LogP contribution in [-0.4, -0.2) is 83.3 Å². The molecule has 2 saturated carbocycles. The quantitative estimate of drug-likeness (QED) is 0.0206. The zero-order chi connectivity index (χ0) is 47.6. The molecule has 0 aromatic carbocycles. The largest absolute Gasteiger partial charge is 0.466 e. The molecule has 386 valence electrons. The molecule has 0 aromatic rings. The maximum atomic E-state index is 12.7. The lowest BCUT2D eigenvalue weighted by atomic mass is 9.88. The summed E-state index contributed by atoms with van der Waals surface area (Å²) in [6, 6.07) is 0. The molecular formula is C57H111NO7. The fraction of sp³-hybridized carbons (Fsp3) is 0.947. The van der Waals surface area contributed by atoms with Gasteiger partial charge in [-0.1, -0.05) is 200 Å². The summed E-state index contributed by atoms with van der Waals surface area (Å²) < 4.78 is 11.7. The first-order chi connectivity index (χ1) is 31.6. The molecule has 2 rings (SSSR count). The normalized spacial score (nSPS) is 20.4. The lowest BCUT2D eigenvalue weighted by molar-refractivity contribution is -0.153. The maximum absolute atomic E-state index is 12.7. The first-order valence-corrected chi connectivity index (χ1v) is 28.4. The van der Waals surface area contributed by atoms with Gasteiger partial charge in [-0.25, -0.2) is 0 Å². The number of hydrogen-bond donors (Lipinski definition) is 4. The average molecular weight is 923 g/mol. The standard InChI is InChI=1S/C40H75NO5.C17H36O2/c1-5-7-9-10-12-16-21-33-31-34(33)22-17-13-11-14-18-23-36(42)24-19-20-30-45-40(44)32-35-26-27-38(37(35)25-15-8-6-2)46-39(43)28-29-41(3)4;1-2-3-4-5-6-7-8-9-10-11-12-13-14-15-16-17(18)19/h8,15,33-39,42-43H,5-7,9-14,16-32H2,1-4H3;17-19H,2-16H2,1H3/b15-8-;. The molecule has 0 spiro atoms. The van der Waals surface area contributed by atoms with Crippen molar-refractivity contribution in [1.82, 2.24) is 4.90 Å². The fourth-order valence-corrected chi connectivity index (χ4v) is 10.1. The summed E-state index contributed by atoms with van der Waals surface area (Å²) in [6.45, 7) is 7.90. The molecule has 0 aliphatic heterocycles. The Balaban J connectivity index is 0.000000931. The summed E-state index contributed by atoms with van der Waals surface area (Å²) in [6.07, 6.45) is 48.9. The van der Waals surface area contributed by atoms with Gasteiger partial charge < -0.3 is 34.8 Å². The first kappa shape index (κ1) is 62.0. The highest BCUT2D eigenvalue weighted by molar-refractivity contribution is 5.69. The number of carbonyl (C=O) groups excluding carboxylic acids is 1. The molecule has 8 nitrogen and oxygen atoms in total. The number of aliphatic hydroxyl groups is 4. The van der Waals surface area contributed by atoms with Crippen LogP contribution in [0.1, 0.15) is 271 Å². The highest BCUT2D eigenvalue weighted by Crippen LogP contribution is 2.46. The molecule has 0 heterocycles. The molecule has 0 amide bonds. The van der Waals surface area contributed by atoms with Gasteiger partial charge in [-0.2, -0.15) is 0 Å². The van der Waals surface area contributed by atoms with Gasteiger partial charge in [-0.3, -0.25) is 4.79 Å². The number of unbranched alkanes of at least 4 members (excludes halogenated alkanes) is 23. The van der Waals surface area contributed by atoms with Crippen LogP contribution in [0.3, 0.4) is 0 Å². The van der Waals surface area contributed by atoms with Gasteiger partial charge in [0, 0.05) is 19.4 Å². The van der Waals surface area contributed by atoms with Crippen molar-refractivity contribution in [2.45, 2.75) is 296 Å². The van der Waals surface area contributed by atoms with Gasteiger partial charge in [0.15, 0.2) is 12.6 Å². The van der Waals surface area contributed by atoms with E-state index in [4.69, 9.17) is 19.7 Å². The summed E-state index contributed by atoms with van der Waals surface area (Å²) >= 11 is 0. The van der Waals surface area contributed by atoms with E-state index < -0.39 is 12.6 Å². The molecule has 7 atom stereocenters. The monoisotopic (exact) mass is 922 g/mol. The Morgan fingerprint density at radius 1 is 0.569 bits per heavy atom. The van der Waals surface area contributed by atoms with Crippen LogP contribution in [0.2, 0.25) is 0 Å². The molecule has 0 bridgehead atoms. The van der Waals surface area contributed by atoms with Gasteiger partial charge in [0.1, 0.15) is 0 Å². The van der Waals surface area contributed by atoms with Crippen molar-refractivity contribution in [1.29, 1.82) is 0 Å². The lowest BCUT2D eigenvalue weighted by Gasteiger charge is -2.26. The minimum absolute atomic E-state index is 0.0204. The fourth-order valence-electron chi connectivity index (χ4n) is 10.1. The van der Waals surface area contributed by atoms with E-state index in [0.717, 1.165) is 89.0 Å². The average Bonchev–Trinajstić information content (AvgIpc) is 3.93. The van der Waals surface area contributed by atoms with Crippen LogP contribution < -0.4 is 0 Å². The molecule has 65 heavy (non-hydrogen) atoms. The van der Waals surface area contributed by atoms with E-state index in [1.807, 2.05) is 19.0 Å². The number of aliphatic hydroxyl groups excluding tert-OH is 3. The van der Waals surface area contributed by atoms with Crippen molar-refractivity contribution in [3.05, 3.63) is 12.2 Å². The van der Waals surface area contributed by atoms with E-state index in [2.05, 4.69) is 32.9 Å². The third kappa shape index (κ3) is 38.5. The van der Waals surface area contributed by atoms with E-state index in [1.54, 1.807) is 0 Å². The van der Waals surface area contributed by atoms with E-state index >= 15 is 0 Å². The Morgan fingerprint density at radius 2 is 1.05 bits per heavy atom. The summed E-state index contributed by atoms with van der Waals surface area (Å²) in [5.41, 5.74) is 0. The van der Waals surface area contributed by atoms with Crippen LogP contribution in [0.5, 0.6) is 0 Å². The van der Waals surface area contributed by atoms with Crippen molar-refractivity contribution in [3.8, 4) is 0 Å². The second-order valence-electron chi connectivity index (χ2n) is 20.9. The molecule has 4 N–H and O–H groups in total. The molecule has 0 radical (unpaired) electrons. The Hall–Kier alpha value is -1.03. The van der Waals surface area contributed by atoms with Crippen molar-refractivity contribution in [3.63, 3.8) is 0 Å². The molecule has 2 aliphatic rings. The molecular weight excluding hydrogens is 811 g/mol. The molecule has 2 fully saturated rings. The highest BCUT2D eigenvalue weighted by atomic mass is 16.6. The minimum atomic E-state index is -1.10. The smallest absolute Gasteiger partial charge is 0.306 e. The van der Waals surface area contributed by atoms with Crippen LogP contribution in [0.25, 0.3) is 0 Å². The predicted molar refractivity (Wildman–Crippen MR) is 275 cm³/mol. The summed E-state index contributed by atoms with van der Waals surface area (Å²) in [4.78, 5) is 14.7. The number of ether oxygens (including phenoxy) is 2. The van der Waals surface area contributed by atoms with Crippen molar-refractivity contribution in [2.24, 2.45) is 23.7 Å². The van der Waals surface area contributed by atoms with Gasteiger partial charge in [-0.05, 0) is 108 Å². The van der Waals surface area contributed by atoms with Crippen LogP contribution in [0, 0.1) is 23.7 Å². The Kier molecular flexibility index (Phi) is 42.1. The topological polar surface area (TPSA) is 120 Å². The van der Waals surface area contributed by atoms with Gasteiger partial charge in [0.05, 0.1) is 18.8 Å². The third-order valence-corrected chi connectivity index (χ3v) is 14.4. The second-order valence-corrected chi connectivity index (χ2v) is 20.9. The Labute approximate surface area is 403 Å². The minimum Gasteiger partial charge on any atom is -0.466 e. The van der Waals surface area contributed by atoms with Gasteiger partial charge >= 0.3 is 5.97 Å². The number of allylic oxidation sites excluding steroid dienone is 2. The molecule has 2 aliphatic carbocycles. The number of nitrogens with zero attached hydrogens (tertiary/aromatic N) is 1. The number of carbonyl (C=O) groups is 1. The molecule has 0 aromatic heterocycles. The predicted octanol–water partition coefficient (Wildman–Crippen LogP) is 14.8. The summed E-state index contributed by atoms with van der Waals surface area (Å²) in [5, 5.41) is 38.2. The zero-order valence-electron chi connectivity index (χ0n) is 43.7. The molecule has 0 saturated heterocycles. The van der Waals surface area contributed by atoms with E-state index in [9.17, 15) is 15.0 Å². The Bertz CT molecular complexity index is 1050. The number of rotatable bonds is 45. The van der Waals surface area contributed by atoms with Crippen LogP contribution in [-0.2, 0) is 14.3 Å². The van der Waals surface area contributed by atoms with Gasteiger partial charge in [0.25, 0.3) is 0 Å². The van der Waals surface area contributed by atoms with Crippen LogP contribution in [0.15, 0.2) is 12.2 Å². The zero-order valence-corrected chi connectivity index (χ0v) is 43.7. The highest BCUT2D eigenvalue weighted by Gasteiger charge is 2.38. The van der Waals surface area contributed by atoms with Crippen molar-refractivity contribution in [2.75, 3.05) is 27.2 Å². The van der Waals surface area contributed by atoms with Crippen LogP contribution >= 0.6 is 0 Å². The van der Waals surface area contributed by atoms with Gasteiger partial charge in [-0.15, -0.1) is 0 Å². The summed E-state index contributed by atoms with van der Waals surface area (Å²) in [7, 11) is 3.99. The maximum Gasteiger partial charge on any atom is 0.306 e. The number of hydrogen-bond acceptors (Lipinski definition) is 8. The summed E-state index contributed by atoms with van der Waals surface area (Å²) in [5.74, 6) is 2.41. The van der Waals surface area contributed by atoms with Crippen molar-refractivity contribution >= 4 is 5.97 Å². The van der Waals surface area contributed by atoms with E-state index in [1.165, 1.54) is 161 Å². The van der Waals surface area contributed by atoms with Crippen LogP contribution in [0.4, 0.5) is 0 Å².